The Bertz CT molecular complexity index is 501. The molecule has 2 rings (SSSR count). The van der Waals surface area contributed by atoms with E-state index in [2.05, 4.69) is 17.2 Å². The summed E-state index contributed by atoms with van der Waals surface area (Å²) in [5, 5.41) is 2.78. The van der Waals surface area contributed by atoms with Gasteiger partial charge in [-0.1, -0.05) is 35.6 Å². The first-order valence-corrected chi connectivity index (χ1v) is 6.25. The molecule has 1 amide bonds. The second-order valence-electron chi connectivity index (χ2n) is 4.55. The molecule has 0 saturated heterocycles. The van der Waals surface area contributed by atoms with Gasteiger partial charge in [0.25, 0.3) is 0 Å². The van der Waals surface area contributed by atoms with Crippen molar-refractivity contribution in [3.63, 3.8) is 0 Å². The lowest BCUT2D eigenvalue weighted by atomic mass is 10.2. The smallest absolute Gasteiger partial charge is 0.244 e. The maximum Gasteiger partial charge on any atom is 0.244 e. The normalized spacial score (nSPS) is 14.6. The average molecular weight is 239 g/mol. The van der Waals surface area contributed by atoms with Gasteiger partial charge in [0.2, 0.25) is 5.91 Å². The van der Waals surface area contributed by atoms with Crippen LogP contribution in [0.4, 0.5) is 0 Å². The molecule has 2 nitrogen and oxygen atoms in total. The fraction of sp³-hybridized carbons (Fsp3) is 0.312. The van der Waals surface area contributed by atoms with E-state index in [1.54, 1.807) is 6.08 Å². The van der Waals surface area contributed by atoms with E-state index >= 15 is 0 Å². The van der Waals surface area contributed by atoms with Crippen LogP contribution >= 0.6 is 0 Å². The molecule has 0 unspecified atom stereocenters. The number of nitrogens with one attached hydrogen (secondary N) is 1. The van der Waals surface area contributed by atoms with Crippen molar-refractivity contribution in [1.29, 1.82) is 0 Å². The molecule has 1 aliphatic carbocycles. The van der Waals surface area contributed by atoms with Crippen molar-refractivity contribution in [2.75, 3.05) is 6.54 Å². The number of amides is 1. The van der Waals surface area contributed by atoms with Gasteiger partial charge in [0.1, 0.15) is 0 Å². The zero-order chi connectivity index (χ0) is 12.8. The first-order chi connectivity index (χ1) is 8.75. The van der Waals surface area contributed by atoms with E-state index in [-0.39, 0.29) is 5.91 Å². The van der Waals surface area contributed by atoms with Crippen LogP contribution < -0.4 is 5.32 Å². The van der Waals surface area contributed by atoms with Crippen molar-refractivity contribution in [1.82, 2.24) is 5.32 Å². The maximum absolute atomic E-state index is 11.5. The molecule has 2 heteroatoms. The first kappa shape index (κ1) is 12.4. The highest BCUT2D eigenvalue weighted by molar-refractivity contribution is 5.88. The molecule has 0 heterocycles. The summed E-state index contributed by atoms with van der Waals surface area (Å²) in [6.45, 7) is 2.41. The van der Waals surface area contributed by atoms with Crippen LogP contribution in [0.15, 0.2) is 42.0 Å². The highest BCUT2D eigenvalue weighted by Gasteiger charge is 2.23. The molecule has 1 N–H and O–H groups in total. The van der Waals surface area contributed by atoms with Gasteiger partial charge in [0.05, 0.1) is 6.54 Å². The molecule has 0 aromatic heterocycles. The summed E-state index contributed by atoms with van der Waals surface area (Å²) in [5.41, 5.74) is 2.15. The van der Waals surface area contributed by atoms with Crippen LogP contribution in [0, 0.1) is 17.8 Å². The Hall–Kier alpha value is -2.01. The predicted octanol–water partition coefficient (Wildman–Crippen LogP) is 2.51. The molecule has 0 spiro atoms. The zero-order valence-corrected chi connectivity index (χ0v) is 10.6. The number of hydrogen-bond acceptors (Lipinski definition) is 1. The number of benzene rings is 1. The molecular formula is C16H17NO. The molecule has 1 aromatic carbocycles. The summed E-state index contributed by atoms with van der Waals surface area (Å²) < 4.78 is 0. The second-order valence-corrected chi connectivity index (χ2v) is 4.55. The average Bonchev–Trinajstić information content (AvgIpc) is 3.20. The molecule has 1 fully saturated rings. The SMILES string of the molecule is CC(=CC(=O)NCC#Cc1ccccc1)C1CC1. The zero-order valence-electron chi connectivity index (χ0n) is 10.6. The Morgan fingerprint density at radius 1 is 1.39 bits per heavy atom. The van der Waals surface area contributed by atoms with Crippen molar-refractivity contribution in [3.8, 4) is 11.8 Å². The summed E-state index contributed by atoms with van der Waals surface area (Å²) in [7, 11) is 0. The standard InChI is InChI=1S/C16H17NO/c1-13(15-9-10-15)12-16(18)17-11-5-8-14-6-3-2-4-7-14/h2-4,6-7,12,15H,9-11H2,1H3,(H,17,18). The minimum Gasteiger partial charge on any atom is -0.342 e. The van der Waals surface area contributed by atoms with Gasteiger partial charge in [-0.2, -0.15) is 0 Å². The summed E-state index contributed by atoms with van der Waals surface area (Å²) in [4.78, 5) is 11.5. The lowest BCUT2D eigenvalue weighted by Gasteiger charge is -1.98. The summed E-state index contributed by atoms with van der Waals surface area (Å²) in [5.74, 6) is 6.55. The summed E-state index contributed by atoms with van der Waals surface area (Å²) >= 11 is 0. The minimum absolute atomic E-state index is 0.0400. The minimum atomic E-state index is -0.0400. The van der Waals surface area contributed by atoms with Crippen molar-refractivity contribution in [2.45, 2.75) is 19.8 Å². The van der Waals surface area contributed by atoms with Crippen LogP contribution in [0.5, 0.6) is 0 Å². The van der Waals surface area contributed by atoms with E-state index in [1.165, 1.54) is 18.4 Å². The fourth-order valence-electron chi connectivity index (χ4n) is 1.71. The highest BCUT2D eigenvalue weighted by atomic mass is 16.1. The van der Waals surface area contributed by atoms with Crippen LogP contribution in [0.25, 0.3) is 0 Å². The van der Waals surface area contributed by atoms with Crippen LogP contribution in [-0.4, -0.2) is 12.5 Å². The Balaban J connectivity index is 1.77. The molecule has 0 aliphatic heterocycles. The van der Waals surface area contributed by atoms with Gasteiger partial charge in [0.15, 0.2) is 0 Å². The largest absolute Gasteiger partial charge is 0.342 e. The lowest BCUT2D eigenvalue weighted by molar-refractivity contribution is -0.116. The maximum atomic E-state index is 11.5. The van der Waals surface area contributed by atoms with E-state index in [4.69, 9.17) is 0 Å². The summed E-state index contributed by atoms with van der Waals surface area (Å²) in [6, 6.07) is 9.75. The molecular weight excluding hydrogens is 222 g/mol. The Morgan fingerprint density at radius 3 is 2.78 bits per heavy atom. The topological polar surface area (TPSA) is 29.1 Å². The molecule has 0 radical (unpaired) electrons. The summed E-state index contributed by atoms with van der Waals surface area (Å²) in [6.07, 6.45) is 4.15. The number of rotatable bonds is 3. The van der Waals surface area contributed by atoms with Gasteiger partial charge in [-0.15, -0.1) is 0 Å². The molecule has 0 bridgehead atoms. The van der Waals surface area contributed by atoms with Crippen molar-refractivity contribution < 1.29 is 4.79 Å². The molecule has 92 valence electrons. The lowest BCUT2D eigenvalue weighted by Crippen LogP contribution is -2.21. The Labute approximate surface area is 108 Å². The van der Waals surface area contributed by atoms with Gasteiger partial charge in [0, 0.05) is 11.6 Å². The third-order valence-electron chi connectivity index (χ3n) is 2.94. The van der Waals surface area contributed by atoms with Crippen LogP contribution in [0.2, 0.25) is 0 Å². The Morgan fingerprint density at radius 2 is 2.11 bits per heavy atom. The second kappa shape index (κ2) is 6.07. The van der Waals surface area contributed by atoms with Gasteiger partial charge in [-0.25, -0.2) is 0 Å². The van der Waals surface area contributed by atoms with Crippen molar-refractivity contribution >= 4 is 5.91 Å². The quantitative estimate of drug-likeness (QED) is 0.637. The monoisotopic (exact) mass is 239 g/mol. The molecule has 1 aromatic rings. The van der Waals surface area contributed by atoms with E-state index in [9.17, 15) is 4.79 Å². The van der Waals surface area contributed by atoms with Gasteiger partial charge >= 0.3 is 0 Å². The van der Waals surface area contributed by atoms with Crippen LogP contribution in [-0.2, 0) is 4.79 Å². The molecule has 1 saturated carbocycles. The van der Waals surface area contributed by atoms with E-state index < -0.39 is 0 Å². The van der Waals surface area contributed by atoms with Gasteiger partial charge in [-0.05, 0) is 37.8 Å². The van der Waals surface area contributed by atoms with E-state index in [0.29, 0.717) is 12.5 Å². The molecule has 0 atom stereocenters. The number of carbonyl (C=O) groups is 1. The first-order valence-electron chi connectivity index (χ1n) is 6.25. The third-order valence-corrected chi connectivity index (χ3v) is 2.94. The third kappa shape index (κ3) is 4.10. The highest BCUT2D eigenvalue weighted by Crippen LogP contribution is 2.35. The van der Waals surface area contributed by atoms with Gasteiger partial charge in [-0.3, -0.25) is 4.79 Å². The van der Waals surface area contributed by atoms with E-state index in [0.717, 1.165) is 5.56 Å². The predicted molar refractivity (Wildman–Crippen MR) is 72.8 cm³/mol. The van der Waals surface area contributed by atoms with Crippen LogP contribution in [0.1, 0.15) is 25.3 Å². The number of hydrogen-bond donors (Lipinski definition) is 1. The van der Waals surface area contributed by atoms with E-state index in [1.807, 2.05) is 37.3 Å². The fourth-order valence-corrected chi connectivity index (χ4v) is 1.71. The van der Waals surface area contributed by atoms with Crippen molar-refractivity contribution in [3.05, 3.63) is 47.5 Å². The van der Waals surface area contributed by atoms with Crippen molar-refractivity contribution in [2.24, 2.45) is 5.92 Å². The van der Waals surface area contributed by atoms with Gasteiger partial charge < -0.3 is 5.32 Å². The Kier molecular flexibility index (Phi) is 4.20. The number of carbonyl (C=O) groups excluding carboxylic acids is 1. The molecule has 1 aliphatic rings. The van der Waals surface area contributed by atoms with Crippen LogP contribution in [0.3, 0.4) is 0 Å². The number of allylic oxidation sites excluding steroid dienone is 1. The molecule has 18 heavy (non-hydrogen) atoms.